The first-order chi connectivity index (χ1) is 14.8. The van der Waals surface area contributed by atoms with Crippen molar-refractivity contribution in [2.24, 2.45) is 13.0 Å². The molecule has 0 aliphatic heterocycles. The van der Waals surface area contributed by atoms with Crippen LogP contribution >= 0.6 is 11.6 Å². The molecule has 1 aliphatic carbocycles. The van der Waals surface area contributed by atoms with Gasteiger partial charge in [-0.15, -0.1) is 10.2 Å². The van der Waals surface area contributed by atoms with Crippen molar-refractivity contribution >= 4 is 22.5 Å². The molecular weight excluding hydrogens is 429 g/mol. The summed E-state index contributed by atoms with van der Waals surface area (Å²) in [6.45, 7) is 0. The number of hydrogen-bond donors (Lipinski definition) is 1. The summed E-state index contributed by atoms with van der Waals surface area (Å²) in [6, 6.07) is 8.69. The molecule has 1 N–H and O–H groups in total. The summed E-state index contributed by atoms with van der Waals surface area (Å²) in [5, 5.41) is 15.4. The van der Waals surface area contributed by atoms with Crippen molar-refractivity contribution in [2.75, 3.05) is 0 Å². The Bertz CT molecular complexity index is 1260. The van der Waals surface area contributed by atoms with E-state index in [9.17, 15) is 13.2 Å². The van der Waals surface area contributed by atoms with Crippen LogP contribution in [0.5, 0.6) is 0 Å². The maximum Gasteiger partial charge on any atom is 0.433 e. The Balaban J connectivity index is 1.63. The molecule has 31 heavy (non-hydrogen) atoms. The van der Waals surface area contributed by atoms with Crippen molar-refractivity contribution < 1.29 is 13.2 Å². The SMILES string of the molecule is Cn1cnnc1[C@@H](c1cccc(-c2n[nH]c3c(Cl)nc(C(F)(F)F)cc23)c1)C1CCC1. The Morgan fingerprint density at radius 2 is 2.03 bits per heavy atom. The molecule has 6 nitrogen and oxygen atoms in total. The third-order valence-corrected chi connectivity index (χ3v) is 6.24. The number of aromatic nitrogens is 6. The minimum Gasteiger partial charge on any atom is -0.320 e. The van der Waals surface area contributed by atoms with Gasteiger partial charge in [0.2, 0.25) is 0 Å². The summed E-state index contributed by atoms with van der Waals surface area (Å²) in [6.07, 6.45) is 0.454. The molecule has 4 aromatic rings. The molecule has 0 bridgehead atoms. The molecule has 3 heterocycles. The number of aryl methyl sites for hydroxylation is 1. The molecule has 0 amide bonds. The van der Waals surface area contributed by atoms with Crippen molar-refractivity contribution in [3.05, 3.63) is 58.9 Å². The highest BCUT2D eigenvalue weighted by Gasteiger charge is 2.35. The lowest BCUT2D eigenvalue weighted by molar-refractivity contribution is -0.141. The van der Waals surface area contributed by atoms with E-state index in [2.05, 4.69) is 25.4 Å². The van der Waals surface area contributed by atoms with E-state index < -0.39 is 11.9 Å². The average Bonchev–Trinajstić information content (AvgIpc) is 3.30. The van der Waals surface area contributed by atoms with Gasteiger partial charge >= 0.3 is 6.18 Å². The Kier molecular flexibility index (Phi) is 4.73. The van der Waals surface area contributed by atoms with Gasteiger partial charge in [-0.2, -0.15) is 18.3 Å². The monoisotopic (exact) mass is 446 g/mol. The van der Waals surface area contributed by atoms with E-state index in [-0.39, 0.29) is 22.0 Å². The normalized spacial score (nSPS) is 15.9. The predicted octanol–water partition coefficient (Wildman–Crippen LogP) is 5.36. The Labute approximate surface area is 180 Å². The fourth-order valence-electron chi connectivity index (χ4n) is 4.20. The van der Waals surface area contributed by atoms with Crippen LogP contribution in [0.15, 0.2) is 36.7 Å². The summed E-state index contributed by atoms with van der Waals surface area (Å²) in [5.74, 6) is 1.38. The minimum absolute atomic E-state index is 0.0578. The van der Waals surface area contributed by atoms with Crippen molar-refractivity contribution in [1.82, 2.24) is 29.9 Å². The molecule has 0 saturated heterocycles. The third-order valence-electron chi connectivity index (χ3n) is 5.97. The summed E-state index contributed by atoms with van der Waals surface area (Å²) in [4.78, 5) is 3.46. The van der Waals surface area contributed by atoms with Crippen molar-refractivity contribution in [3.63, 3.8) is 0 Å². The average molecular weight is 447 g/mol. The quantitative estimate of drug-likeness (QED) is 0.428. The van der Waals surface area contributed by atoms with E-state index in [1.807, 2.05) is 35.9 Å². The number of benzene rings is 1. The fourth-order valence-corrected chi connectivity index (χ4v) is 4.44. The summed E-state index contributed by atoms with van der Waals surface area (Å²) in [7, 11) is 1.92. The van der Waals surface area contributed by atoms with E-state index in [1.165, 1.54) is 6.42 Å². The lowest BCUT2D eigenvalue weighted by atomic mass is 9.72. The molecule has 1 aliphatic rings. The van der Waals surface area contributed by atoms with Crippen LogP contribution in [0.2, 0.25) is 5.15 Å². The lowest BCUT2D eigenvalue weighted by Gasteiger charge is -2.33. The van der Waals surface area contributed by atoms with E-state index in [0.29, 0.717) is 17.2 Å². The number of halogens is 4. The summed E-state index contributed by atoms with van der Waals surface area (Å²) >= 11 is 6.00. The van der Waals surface area contributed by atoms with Gasteiger partial charge in [0.05, 0.1) is 0 Å². The van der Waals surface area contributed by atoms with Gasteiger partial charge in [0.15, 0.2) is 5.15 Å². The highest BCUT2D eigenvalue weighted by atomic mass is 35.5. The molecule has 0 spiro atoms. The van der Waals surface area contributed by atoms with E-state index in [0.717, 1.165) is 30.3 Å². The van der Waals surface area contributed by atoms with Crippen molar-refractivity contribution in [2.45, 2.75) is 31.4 Å². The molecule has 1 fully saturated rings. The Morgan fingerprint density at radius 3 is 2.68 bits per heavy atom. The second kappa shape index (κ2) is 7.33. The Hall–Kier alpha value is -2.94. The predicted molar refractivity (Wildman–Crippen MR) is 110 cm³/mol. The molecule has 0 radical (unpaired) electrons. The van der Waals surface area contributed by atoms with Gasteiger partial charge in [-0.3, -0.25) is 5.10 Å². The molecule has 1 saturated carbocycles. The number of H-pyrrole nitrogens is 1. The van der Waals surface area contributed by atoms with Crippen LogP contribution in [-0.4, -0.2) is 29.9 Å². The lowest BCUT2D eigenvalue weighted by Crippen LogP contribution is -2.24. The van der Waals surface area contributed by atoms with E-state index in [4.69, 9.17) is 11.6 Å². The zero-order chi connectivity index (χ0) is 21.8. The first-order valence-corrected chi connectivity index (χ1v) is 10.3. The van der Waals surface area contributed by atoms with Crippen LogP contribution < -0.4 is 0 Å². The second-order valence-electron chi connectivity index (χ2n) is 7.89. The number of hydrogen-bond acceptors (Lipinski definition) is 4. The zero-order valence-corrected chi connectivity index (χ0v) is 17.2. The van der Waals surface area contributed by atoms with Gasteiger partial charge in [-0.25, -0.2) is 4.98 Å². The van der Waals surface area contributed by atoms with E-state index >= 15 is 0 Å². The summed E-state index contributed by atoms with van der Waals surface area (Å²) in [5.41, 5.74) is 1.36. The van der Waals surface area contributed by atoms with Crippen LogP contribution in [0.4, 0.5) is 13.2 Å². The third kappa shape index (κ3) is 3.46. The Morgan fingerprint density at radius 1 is 1.23 bits per heavy atom. The van der Waals surface area contributed by atoms with Crippen LogP contribution in [0.25, 0.3) is 22.2 Å². The number of aromatic amines is 1. The largest absolute Gasteiger partial charge is 0.433 e. The van der Waals surface area contributed by atoms with Crippen LogP contribution in [0.1, 0.15) is 42.3 Å². The second-order valence-corrected chi connectivity index (χ2v) is 8.24. The molecule has 160 valence electrons. The molecule has 0 unspecified atom stereocenters. The van der Waals surface area contributed by atoms with Crippen molar-refractivity contribution in [3.8, 4) is 11.3 Å². The van der Waals surface area contributed by atoms with Gasteiger partial charge in [-0.1, -0.05) is 36.2 Å². The molecule has 3 aromatic heterocycles. The molecule has 5 rings (SSSR count). The molecule has 1 atom stereocenters. The maximum atomic E-state index is 13.3. The van der Waals surface area contributed by atoms with Crippen LogP contribution in [0.3, 0.4) is 0 Å². The fraction of sp³-hybridized carbons (Fsp3) is 0.333. The van der Waals surface area contributed by atoms with Gasteiger partial charge in [0, 0.05) is 23.9 Å². The summed E-state index contributed by atoms with van der Waals surface area (Å²) < 4.78 is 41.7. The number of rotatable bonds is 4. The molecular formula is C21H18ClF3N6. The van der Waals surface area contributed by atoms with Crippen molar-refractivity contribution in [1.29, 1.82) is 0 Å². The van der Waals surface area contributed by atoms with E-state index in [1.54, 1.807) is 6.33 Å². The minimum atomic E-state index is -4.60. The zero-order valence-electron chi connectivity index (χ0n) is 16.5. The first-order valence-electron chi connectivity index (χ1n) is 9.89. The topological polar surface area (TPSA) is 72.3 Å². The number of nitrogens with one attached hydrogen (secondary N) is 1. The maximum absolute atomic E-state index is 13.3. The smallest absolute Gasteiger partial charge is 0.320 e. The standard InChI is InChI=1S/C21H18ClF3N6/c1-31-10-26-30-20(31)16(11-4-2-5-11)12-6-3-7-13(8-12)17-14-9-15(21(23,24)25)27-19(22)18(14)29-28-17/h3,6-11,16H,2,4-5H2,1H3,(H,28,29)/t16-/m1/s1. The van der Waals surface area contributed by atoms with Crippen LogP contribution in [-0.2, 0) is 13.2 Å². The van der Waals surface area contributed by atoms with Gasteiger partial charge in [0.1, 0.15) is 29.1 Å². The molecule has 10 heteroatoms. The van der Waals surface area contributed by atoms with Crippen LogP contribution in [0, 0.1) is 5.92 Å². The first kappa shape index (κ1) is 20.0. The number of alkyl halides is 3. The molecule has 1 aromatic carbocycles. The number of fused-ring (bicyclic) bond motifs is 1. The van der Waals surface area contributed by atoms with Gasteiger partial charge in [0.25, 0.3) is 0 Å². The highest BCUT2D eigenvalue weighted by Crippen LogP contribution is 2.43. The number of nitrogens with zero attached hydrogens (tertiary/aromatic N) is 5. The van der Waals surface area contributed by atoms with Gasteiger partial charge in [-0.05, 0) is 36.5 Å². The number of pyridine rings is 1. The highest BCUT2D eigenvalue weighted by molar-refractivity contribution is 6.34. The van der Waals surface area contributed by atoms with Gasteiger partial charge < -0.3 is 4.57 Å².